The van der Waals surface area contributed by atoms with Crippen LogP contribution in [0.4, 0.5) is 17.6 Å². The molecular weight excluding hydrogens is 908 g/mol. The van der Waals surface area contributed by atoms with Crippen LogP contribution in [0.1, 0.15) is 115 Å². The molecule has 4 N–H and O–H groups in total. The van der Waals surface area contributed by atoms with Gasteiger partial charge in [-0.1, -0.05) is 23.7 Å². The van der Waals surface area contributed by atoms with E-state index in [-0.39, 0.29) is 65.4 Å². The maximum atomic E-state index is 14.3. The molecule has 0 bridgehead atoms. The number of carbonyl (C=O) groups excluding carboxylic acids is 4. The van der Waals surface area contributed by atoms with Gasteiger partial charge >= 0.3 is 0 Å². The summed E-state index contributed by atoms with van der Waals surface area (Å²) in [6.07, 6.45) is 8.03. The lowest BCUT2D eigenvalue weighted by molar-refractivity contribution is -0.0944. The molecule has 4 atom stereocenters. The van der Waals surface area contributed by atoms with Gasteiger partial charge in [-0.2, -0.15) is 0 Å². The van der Waals surface area contributed by atoms with Crippen LogP contribution in [-0.4, -0.2) is 103 Å². The van der Waals surface area contributed by atoms with Crippen LogP contribution >= 0.6 is 11.6 Å². The molecule has 0 aliphatic carbocycles. The number of ether oxygens (including phenoxy) is 2. The zero-order valence-corrected chi connectivity index (χ0v) is 36.8. The molecule has 0 unspecified atom stereocenters. The molecule has 4 aromatic rings. The van der Waals surface area contributed by atoms with Crippen LogP contribution in [0.3, 0.4) is 0 Å². The SMILES string of the molecule is Cc1c(F)ccc(CNC(=O)c2cn3c(c(O)c2=O)C(=O)N2CCCC[C@]24COCC[C@H]34)c1F.O=C(NCc1ccc(F)c(Cl)c1F)c1cn2c(c(O)c1=O)C(=O)N1CCCC[C@]13COC[C@H]23. The minimum atomic E-state index is -1.02. The van der Waals surface area contributed by atoms with Gasteiger partial charge in [-0.15, -0.1) is 0 Å². The molecule has 6 aliphatic rings. The zero-order valence-electron chi connectivity index (χ0n) is 36.1. The molecule has 4 amide bonds. The molecule has 10 rings (SSSR count). The van der Waals surface area contributed by atoms with E-state index >= 15 is 0 Å². The van der Waals surface area contributed by atoms with Crippen molar-refractivity contribution in [2.24, 2.45) is 0 Å². The van der Waals surface area contributed by atoms with Crippen LogP contribution in [0.25, 0.3) is 0 Å². The van der Waals surface area contributed by atoms with Crippen molar-refractivity contribution in [3.05, 3.63) is 125 Å². The maximum Gasteiger partial charge on any atom is 0.275 e. The van der Waals surface area contributed by atoms with Crippen LogP contribution in [0.2, 0.25) is 5.02 Å². The van der Waals surface area contributed by atoms with Gasteiger partial charge in [0.25, 0.3) is 23.6 Å². The first-order valence-electron chi connectivity index (χ1n) is 21.9. The lowest BCUT2D eigenvalue weighted by Gasteiger charge is -2.57. The van der Waals surface area contributed by atoms with Crippen LogP contribution in [0, 0.1) is 30.2 Å². The van der Waals surface area contributed by atoms with Crippen molar-refractivity contribution in [3.63, 3.8) is 0 Å². The number of benzene rings is 2. The second kappa shape index (κ2) is 17.4. The van der Waals surface area contributed by atoms with Crippen molar-refractivity contribution in [1.29, 1.82) is 0 Å². The second-order valence-electron chi connectivity index (χ2n) is 17.7. The minimum absolute atomic E-state index is 0.0611. The lowest BCUT2D eigenvalue weighted by atomic mass is 9.75. The van der Waals surface area contributed by atoms with E-state index in [4.69, 9.17) is 21.1 Å². The zero-order chi connectivity index (χ0) is 47.7. The van der Waals surface area contributed by atoms with Crippen molar-refractivity contribution in [1.82, 2.24) is 29.6 Å². The number of fused-ring (bicyclic) bond motifs is 4. The van der Waals surface area contributed by atoms with Crippen molar-refractivity contribution in [3.8, 4) is 11.5 Å². The third-order valence-corrected chi connectivity index (χ3v) is 14.5. The number of nitrogens with one attached hydrogen (secondary N) is 2. The van der Waals surface area contributed by atoms with Crippen molar-refractivity contribution in [2.45, 2.75) is 88.1 Å². The van der Waals surface area contributed by atoms with Crippen LogP contribution in [0.5, 0.6) is 11.5 Å². The summed E-state index contributed by atoms with van der Waals surface area (Å²) >= 11 is 5.56. The number of nitrogens with zero attached hydrogens (tertiary/aromatic N) is 4. The first-order valence-corrected chi connectivity index (χ1v) is 22.3. The Morgan fingerprint density at radius 1 is 0.716 bits per heavy atom. The molecule has 4 fully saturated rings. The van der Waals surface area contributed by atoms with Gasteiger partial charge in [0.05, 0.1) is 43.0 Å². The number of hydrogen-bond donors (Lipinski definition) is 4. The van der Waals surface area contributed by atoms with Gasteiger partial charge in [-0.25, -0.2) is 17.6 Å². The molecule has 4 saturated heterocycles. The van der Waals surface area contributed by atoms with Crippen molar-refractivity contribution >= 4 is 35.2 Å². The van der Waals surface area contributed by atoms with Gasteiger partial charge in [0.2, 0.25) is 10.9 Å². The monoisotopic (exact) mass is 952 g/mol. The Bertz CT molecular complexity index is 2890. The largest absolute Gasteiger partial charge is 0.503 e. The summed E-state index contributed by atoms with van der Waals surface area (Å²) in [5, 5.41) is 25.5. The molecule has 8 heterocycles. The highest BCUT2D eigenvalue weighted by atomic mass is 35.5. The maximum absolute atomic E-state index is 14.3. The molecule has 0 radical (unpaired) electrons. The molecule has 0 saturated carbocycles. The Balaban J connectivity index is 0.000000168. The van der Waals surface area contributed by atoms with E-state index in [1.807, 2.05) is 0 Å². The number of aromatic nitrogens is 2. The molecule has 2 aromatic carbocycles. The Morgan fingerprint density at radius 2 is 1.21 bits per heavy atom. The molecular formula is C46H45ClF4N6O10. The highest BCUT2D eigenvalue weighted by Gasteiger charge is 2.57. The average Bonchev–Trinajstić information content (AvgIpc) is 3.75. The number of halogens is 5. The van der Waals surface area contributed by atoms with E-state index in [0.717, 1.165) is 50.3 Å². The predicted molar refractivity (Wildman–Crippen MR) is 229 cm³/mol. The normalized spacial score (nSPS) is 23.7. The topological polar surface area (TPSA) is 202 Å². The highest BCUT2D eigenvalue weighted by Crippen LogP contribution is 2.49. The number of piperidine rings is 2. The van der Waals surface area contributed by atoms with E-state index in [1.165, 1.54) is 30.0 Å². The van der Waals surface area contributed by atoms with E-state index in [2.05, 4.69) is 10.6 Å². The van der Waals surface area contributed by atoms with E-state index in [0.29, 0.717) is 45.8 Å². The Morgan fingerprint density at radius 3 is 1.78 bits per heavy atom. The van der Waals surface area contributed by atoms with E-state index in [1.54, 1.807) is 14.4 Å². The number of rotatable bonds is 6. The fourth-order valence-electron chi connectivity index (χ4n) is 10.7. The Hall–Kier alpha value is -6.25. The third-order valence-electron chi connectivity index (χ3n) is 14.2. The second-order valence-corrected chi connectivity index (χ2v) is 18.1. The lowest BCUT2D eigenvalue weighted by Crippen LogP contribution is -2.66. The molecule has 2 aromatic heterocycles. The van der Waals surface area contributed by atoms with Gasteiger partial charge in [0, 0.05) is 61.9 Å². The molecule has 16 nitrogen and oxygen atoms in total. The summed E-state index contributed by atoms with van der Waals surface area (Å²) in [5.41, 5.74) is -4.37. The highest BCUT2D eigenvalue weighted by molar-refractivity contribution is 6.31. The third kappa shape index (κ3) is 7.34. The predicted octanol–water partition coefficient (Wildman–Crippen LogP) is 4.78. The summed E-state index contributed by atoms with van der Waals surface area (Å²) in [6.45, 7) is 3.06. The number of aromatic hydroxyl groups is 2. The molecule has 2 spiro atoms. The van der Waals surface area contributed by atoms with Gasteiger partial charge in [-0.05, 0) is 64.0 Å². The first kappa shape index (κ1) is 45.9. The molecule has 67 heavy (non-hydrogen) atoms. The first-order chi connectivity index (χ1) is 32.0. The number of carbonyl (C=O) groups is 4. The molecule has 6 aliphatic heterocycles. The molecule has 354 valence electrons. The van der Waals surface area contributed by atoms with Crippen LogP contribution < -0.4 is 21.5 Å². The summed E-state index contributed by atoms with van der Waals surface area (Å²) < 4.78 is 69.8. The van der Waals surface area contributed by atoms with E-state index in [9.17, 15) is 56.5 Å². The Labute approximate surface area is 384 Å². The quantitative estimate of drug-likeness (QED) is 0.154. The summed E-state index contributed by atoms with van der Waals surface area (Å²) in [6, 6.07) is 3.79. The van der Waals surface area contributed by atoms with Crippen molar-refractivity contribution in [2.75, 3.05) is 39.5 Å². The fourth-order valence-corrected chi connectivity index (χ4v) is 10.9. The van der Waals surface area contributed by atoms with Crippen LogP contribution in [0.15, 0.2) is 46.2 Å². The standard InChI is InChI=1S/C24H25F2N3O5.C22H20ClF2N3O5/c1-13-16(25)5-4-14(18(13)26)10-27-22(32)15-11-28-17-6-9-34-12-24(17)7-2-3-8-29(24)23(33)19(28)21(31)20(15)30;23-15-13(24)4-3-11(16(15)25)7-26-20(31)12-8-27-14-9-33-10-22(14)5-1-2-6-28(22)21(32)17(27)19(30)18(12)29/h4-5,11,17,31H,2-3,6-10,12H2,1H3,(H,27,32);3-4,8,14,30H,1-2,5-7,9-10H2,(H,26,31)/t17-,24+;14-,22+/m00/s1. The molecule has 21 heteroatoms. The minimum Gasteiger partial charge on any atom is -0.503 e. The van der Waals surface area contributed by atoms with E-state index < -0.39 is 90.9 Å². The summed E-state index contributed by atoms with van der Waals surface area (Å²) in [5.74, 6) is -7.63. The van der Waals surface area contributed by atoms with Gasteiger partial charge in [0.15, 0.2) is 22.9 Å². The van der Waals surface area contributed by atoms with Crippen molar-refractivity contribution < 1.29 is 56.4 Å². The van der Waals surface area contributed by atoms with Crippen LogP contribution in [-0.2, 0) is 22.6 Å². The smallest absolute Gasteiger partial charge is 0.275 e. The average molecular weight is 953 g/mol. The van der Waals surface area contributed by atoms with Gasteiger partial charge in [-0.3, -0.25) is 28.8 Å². The summed E-state index contributed by atoms with van der Waals surface area (Å²) in [7, 11) is 0. The van der Waals surface area contributed by atoms with Gasteiger partial charge in [0.1, 0.15) is 39.4 Å². The summed E-state index contributed by atoms with van der Waals surface area (Å²) in [4.78, 5) is 81.3. The number of amides is 4. The van der Waals surface area contributed by atoms with Gasteiger partial charge < -0.3 is 49.3 Å². The number of pyridine rings is 2. The number of hydrogen-bond acceptors (Lipinski definition) is 10. The fraction of sp³-hybridized carbons (Fsp3) is 0.435. The Kier molecular flexibility index (Phi) is 11.9.